The number of hydrogen-bond donors (Lipinski definition) is 1. The zero-order valence-electron chi connectivity index (χ0n) is 14.0. The molecule has 1 amide bonds. The van der Waals surface area contributed by atoms with Gasteiger partial charge in [-0.2, -0.15) is 0 Å². The van der Waals surface area contributed by atoms with Crippen LogP contribution in [0.4, 0.5) is 11.4 Å². The van der Waals surface area contributed by atoms with Crippen LogP contribution in [0.1, 0.15) is 5.76 Å². The number of benzene rings is 1. The summed E-state index contributed by atoms with van der Waals surface area (Å²) in [6.45, 7) is 1.83. The molecule has 1 N–H and O–H groups in total. The highest BCUT2D eigenvalue weighted by atomic mass is 32.2. The number of para-hydroxylation sites is 2. The van der Waals surface area contributed by atoms with E-state index in [1.54, 1.807) is 36.1 Å². The molecule has 9 nitrogen and oxygen atoms in total. The van der Waals surface area contributed by atoms with Crippen molar-refractivity contribution < 1.29 is 14.1 Å². The number of carbonyl (C=O) groups is 1. The molecule has 0 spiro atoms. The van der Waals surface area contributed by atoms with E-state index in [1.165, 1.54) is 23.9 Å². The number of amides is 1. The molecule has 0 fully saturated rings. The Morgan fingerprint density at radius 2 is 2.12 bits per heavy atom. The van der Waals surface area contributed by atoms with Gasteiger partial charge in [0, 0.05) is 13.1 Å². The van der Waals surface area contributed by atoms with Crippen molar-refractivity contribution in [1.29, 1.82) is 0 Å². The lowest BCUT2D eigenvalue weighted by molar-refractivity contribution is -0.383. The van der Waals surface area contributed by atoms with Crippen LogP contribution >= 0.6 is 11.8 Å². The van der Waals surface area contributed by atoms with Crippen molar-refractivity contribution in [3.8, 4) is 11.4 Å². The highest BCUT2D eigenvalue weighted by Gasteiger charge is 2.18. The first-order valence-electron chi connectivity index (χ1n) is 7.57. The summed E-state index contributed by atoms with van der Waals surface area (Å²) >= 11 is 1.19. The summed E-state index contributed by atoms with van der Waals surface area (Å²) < 4.78 is 7.04. The Morgan fingerprint density at radius 1 is 1.35 bits per heavy atom. The summed E-state index contributed by atoms with van der Waals surface area (Å²) in [5.41, 5.74) is 0.842. The van der Waals surface area contributed by atoms with E-state index in [2.05, 4.69) is 15.5 Å². The maximum absolute atomic E-state index is 12.1. The first-order valence-corrected chi connectivity index (χ1v) is 8.56. The summed E-state index contributed by atoms with van der Waals surface area (Å²) in [4.78, 5) is 22.6. The largest absolute Gasteiger partial charge is 0.469 e. The van der Waals surface area contributed by atoms with E-state index < -0.39 is 4.92 Å². The minimum atomic E-state index is -0.537. The Labute approximate surface area is 152 Å². The smallest absolute Gasteiger partial charge is 0.292 e. The molecule has 0 aliphatic rings. The molecule has 3 rings (SSSR count). The van der Waals surface area contributed by atoms with Crippen molar-refractivity contribution in [2.45, 2.75) is 12.1 Å². The highest BCUT2D eigenvalue weighted by molar-refractivity contribution is 7.99. The van der Waals surface area contributed by atoms with Gasteiger partial charge in [-0.3, -0.25) is 14.9 Å². The number of nitro groups is 1. The number of thioether (sulfide) groups is 1. The fourth-order valence-electron chi connectivity index (χ4n) is 2.35. The maximum Gasteiger partial charge on any atom is 0.292 e. The predicted octanol–water partition coefficient (Wildman–Crippen LogP) is 3.02. The number of anilines is 1. The van der Waals surface area contributed by atoms with Gasteiger partial charge < -0.3 is 14.3 Å². The number of nitro benzene ring substituents is 1. The molecule has 0 unspecified atom stereocenters. The predicted molar refractivity (Wildman–Crippen MR) is 95.9 cm³/mol. The Hall–Kier alpha value is -3.14. The summed E-state index contributed by atoms with van der Waals surface area (Å²) in [6.07, 6.45) is 1.58. The molecule has 0 atom stereocenters. The van der Waals surface area contributed by atoms with E-state index in [0.717, 1.165) is 11.3 Å². The molecule has 134 valence electrons. The minimum absolute atomic E-state index is 0.0440. The van der Waals surface area contributed by atoms with Crippen LogP contribution in [0.3, 0.4) is 0 Å². The van der Waals surface area contributed by atoms with Crippen LogP contribution in [-0.4, -0.2) is 31.3 Å². The van der Waals surface area contributed by atoms with Crippen molar-refractivity contribution in [2.24, 2.45) is 7.05 Å². The summed E-state index contributed by atoms with van der Waals surface area (Å²) in [7, 11) is 1.80. The van der Waals surface area contributed by atoms with Crippen molar-refractivity contribution >= 4 is 29.0 Å². The third-order valence-corrected chi connectivity index (χ3v) is 4.66. The maximum atomic E-state index is 12.1. The number of furan rings is 1. The number of nitrogens with zero attached hydrogens (tertiary/aromatic N) is 4. The lowest BCUT2D eigenvalue weighted by atomic mass is 10.2. The average Bonchev–Trinajstić information content (AvgIpc) is 3.18. The van der Waals surface area contributed by atoms with E-state index in [-0.39, 0.29) is 23.0 Å². The topological polar surface area (TPSA) is 116 Å². The van der Waals surface area contributed by atoms with Crippen LogP contribution < -0.4 is 5.32 Å². The Balaban J connectivity index is 1.67. The molecule has 0 saturated heterocycles. The molecule has 26 heavy (non-hydrogen) atoms. The van der Waals surface area contributed by atoms with Gasteiger partial charge in [0.2, 0.25) is 5.91 Å². The van der Waals surface area contributed by atoms with Gasteiger partial charge in [0.05, 0.1) is 22.5 Å². The number of hydrogen-bond acceptors (Lipinski definition) is 7. The van der Waals surface area contributed by atoms with E-state index in [0.29, 0.717) is 11.0 Å². The number of nitrogens with one attached hydrogen (secondary N) is 1. The van der Waals surface area contributed by atoms with Gasteiger partial charge in [0.1, 0.15) is 11.4 Å². The van der Waals surface area contributed by atoms with E-state index in [4.69, 9.17) is 4.42 Å². The van der Waals surface area contributed by atoms with Gasteiger partial charge in [-0.05, 0) is 19.1 Å². The number of aromatic nitrogens is 3. The second-order valence-corrected chi connectivity index (χ2v) is 6.31. The molecule has 1 aromatic carbocycles. The van der Waals surface area contributed by atoms with E-state index >= 15 is 0 Å². The molecule has 0 bridgehead atoms. The van der Waals surface area contributed by atoms with Gasteiger partial charge in [-0.15, -0.1) is 10.2 Å². The summed E-state index contributed by atoms with van der Waals surface area (Å²) in [5.74, 6) is 1.04. The number of carbonyl (C=O) groups excluding carboxylic acids is 1. The van der Waals surface area contributed by atoms with Crippen LogP contribution in [-0.2, 0) is 11.8 Å². The van der Waals surface area contributed by atoms with Gasteiger partial charge in [0.15, 0.2) is 11.0 Å². The van der Waals surface area contributed by atoms with Gasteiger partial charge >= 0.3 is 0 Å². The molecular weight excluding hydrogens is 358 g/mol. The molecule has 0 aliphatic carbocycles. The molecule has 0 saturated carbocycles. The molecule has 2 aromatic heterocycles. The van der Waals surface area contributed by atoms with Crippen molar-refractivity contribution in [3.05, 3.63) is 52.5 Å². The van der Waals surface area contributed by atoms with Crippen molar-refractivity contribution in [2.75, 3.05) is 11.1 Å². The standard InChI is InChI=1S/C16H15N5O4S/c1-10-11(7-8-25-10)15-18-19-16(20(15)2)26-9-14(22)17-12-5-3-4-6-13(12)21(23)24/h3-8H,9H2,1-2H3,(H,17,22). The minimum Gasteiger partial charge on any atom is -0.469 e. The summed E-state index contributed by atoms with van der Waals surface area (Å²) in [5, 5.41) is 22.3. The first-order chi connectivity index (χ1) is 12.5. The Kier molecular flexibility index (Phi) is 5.03. The van der Waals surface area contributed by atoms with Gasteiger partial charge in [-0.1, -0.05) is 23.9 Å². The molecule has 10 heteroatoms. The second kappa shape index (κ2) is 7.40. The Morgan fingerprint density at radius 3 is 2.81 bits per heavy atom. The number of rotatable bonds is 6. The molecular formula is C16H15N5O4S. The fraction of sp³-hybridized carbons (Fsp3) is 0.188. The van der Waals surface area contributed by atoms with Crippen LogP contribution in [0.5, 0.6) is 0 Å². The lowest BCUT2D eigenvalue weighted by Crippen LogP contribution is -2.15. The highest BCUT2D eigenvalue weighted by Crippen LogP contribution is 2.27. The van der Waals surface area contributed by atoms with Crippen LogP contribution in [0.25, 0.3) is 11.4 Å². The third-order valence-electron chi connectivity index (χ3n) is 3.64. The SMILES string of the molecule is Cc1occc1-c1nnc(SCC(=O)Nc2ccccc2[N+](=O)[O-])n1C. The average molecular weight is 373 g/mol. The van der Waals surface area contributed by atoms with Gasteiger partial charge in [0.25, 0.3) is 5.69 Å². The summed E-state index contributed by atoms with van der Waals surface area (Å²) in [6, 6.07) is 7.79. The molecule has 3 aromatic rings. The quantitative estimate of drug-likeness (QED) is 0.401. The monoisotopic (exact) mass is 373 g/mol. The zero-order chi connectivity index (χ0) is 18.7. The second-order valence-electron chi connectivity index (χ2n) is 5.37. The molecule has 2 heterocycles. The van der Waals surface area contributed by atoms with Crippen LogP contribution in [0.2, 0.25) is 0 Å². The zero-order valence-corrected chi connectivity index (χ0v) is 14.8. The van der Waals surface area contributed by atoms with Crippen molar-refractivity contribution in [1.82, 2.24) is 14.8 Å². The lowest BCUT2D eigenvalue weighted by Gasteiger charge is -2.06. The molecule has 0 aliphatic heterocycles. The van der Waals surface area contributed by atoms with Crippen molar-refractivity contribution in [3.63, 3.8) is 0 Å². The third kappa shape index (κ3) is 3.59. The Bertz CT molecular complexity index is 965. The van der Waals surface area contributed by atoms with E-state index in [9.17, 15) is 14.9 Å². The fourth-order valence-corrected chi connectivity index (χ4v) is 3.06. The van der Waals surface area contributed by atoms with Crippen LogP contribution in [0, 0.1) is 17.0 Å². The molecule has 0 radical (unpaired) electrons. The van der Waals surface area contributed by atoms with Gasteiger partial charge in [-0.25, -0.2) is 0 Å². The van der Waals surface area contributed by atoms with E-state index in [1.807, 2.05) is 6.92 Å². The number of aryl methyl sites for hydroxylation is 1. The van der Waals surface area contributed by atoms with Crippen LogP contribution in [0.15, 0.2) is 46.2 Å². The first kappa shape index (κ1) is 17.7. The normalized spacial score (nSPS) is 10.7.